The Morgan fingerprint density at radius 2 is 1.74 bits per heavy atom. The van der Waals surface area contributed by atoms with Crippen molar-refractivity contribution >= 4 is 23.5 Å². The van der Waals surface area contributed by atoms with Crippen LogP contribution in [0.25, 0.3) is 0 Å². The molecule has 10 heteroatoms. The number of rotatable bonds is 6. The molecule has 23 heavy (non-hydrogen) atoms. The highest BCUT2D eigenvalue weighted by Gasteiger charge is 2.42. The van der Waals surface area contributed by atoms with Crippen molar-refractivity contribution < 1.29 is 32.8 Å². The predicted octanol–water partition coefficient (Wildman–Crippen LogP) is 1.94. The van der Waals surface area contributed by atoms with E-state index in [1.165, 1.54) is 0 Å². The summed E-state index contributed by atoms with van der Waals surface area (Å²) in [6.07, 6.45) is 0. The van der Waals surface area contributed by atoms with Crippen LogP contribution in [-0.2, 0) is 19.1 Å². The van der Waals surface area contributed by atoms with Gasteiger partial charge in [-0.05, 0) is 12.1 Å². The molecule has 0 amide bonds. The van der Waals surface area contributed by atoms with Crippen LogP contribution in [-0.4, -0.2) is 37.6 Å². The zero-order valence-corrected chi connectivity index (χ0v) is 12.8. The van der Waals surface area contributed by atoms with E-state index in [1.807, 2.05) is 0 Å². The summed E-state index contributed by atoms with van der Waals surface area (Å²) >= 11 is 5.42. The normalized spacial score (nSPS) is 11.9. The topological polar surface area (TPSA) is 95.7 Å². The van der Waals surface area contributed by atoms with Gasteiger partial charge in [0.1, 0.15) is 11.6 Å². The van der Waals surface area contributed by atoms with Crippen LogP contribution in [0.1, 0.15) is 11.5 Å². The quantitative estimate of drug-likeness (QED) is 0.255. The van der Waals surface area contributed by atoms with Crippen LogP contribution in [0.3, 0.4) is 0 Å². The Balaban J connectivity index is 3.48. The van der Waals surface area contributed by atoms with Crippen molar-refractivity contribution in [2.45, 2.75) is 5.92 Å². The lowest BCUT2D eigenvalue weighted by atomic mass is 9.85. The minimum absolute atomic E-state index is 0.543. The van der Waals surface area contributed by atoms with Crippen molar-refractivity contribution in [3.63, 3.8) is 0 Å². The van der Waals surface area contributed by atoms with Crippen LogP contribution in [0.15, 0.2) is 12.1 Å². The van der Waals surface area contributed by atoms with Gasteiger partial charge >= 0.3 is 11.9 Å². The summed E-state index contributed by atoms with van der Waals surface area (Å²) in [5, 5.41) is 10.3. The molecule has 126 valence electrons. The van der Waals surface area contributed by atoms with Gasteiger partial charge in [0.2, 0.25) is 6.54 Å². The van der Waals surface area contributed by atoms with Crippen molar-refractivity contribution in [1.29, 1.82) is 0 Å². The van der Waals surface area contributed by atoms with Crippen molar-refractivity contribution in [1.82, 2.24) is 0 Å². The van der Waals surface area contributed by atoms with Gasteiger partial charge in [-0.2, -0.15) is 0 Å². The summed E-state index contributed by atoms with van der Waals surface area (Å²) in [5.41, 5.74) is -0.551. The van der Waals surface area contributed by atoms with Gasteiger partial charge in [-0.25, -0.2) is 8.78 Å². The Kier molecular flexibility index (Phi) is 6.38. The second-order valence-corrected chi connectivity index (χ2v) is 4.84. The van der Waals surface area contributed by atoms with E-state index >= 15 is 0 Å². The SMILES string of the molecule is COC(=O)C(C(=O)OC)C(C[N+](=O)[O-])c1cc(F)c(Cl)cc1F. The first-order valence-corrected chi connectivity index (χ1v) is 6.52. The molecule has 0 aliphatic heterocycles. The number of halogens is 3. The molecule has 0 saturated carbocycles. The summed E-state index contributed by atoms with van der Waals surface area (Å²) in [6.45, 7) is -1.02. The van der Waals surface area contributed by atoms with Crippen LogP contribution in [0.4, 0.5) is 8.78 Å². The van der Waals surface area contributed by atoms with Crippen molar-refractivity contribution in [3.05, 3.63) is 44.5 Å². The van der Waals surface area contributed by atoms with Crippen LogP contribution in [0.5, 0.6) is 0 Å². The van der Waals surface area contributed by atoms with E-state index in [9.17, 15) is 28.5 Å². The lowest BCUT2D eigenvalue weighted by Crippen LogP contribution is -2.36. The largest absolute Gasteiger partial charge is 0.468 e. The van der Waals surface area contributed by atoms with E-state index in [-0.39, 0.29) is 0 Å². The number of hydrogen-bond donors (Lipinski definition) is 0. The summed E-state index contributed by atoms with van der Waals surface area (Å²) in [7, 11) is 1.89. The van der Waals surface area contributed by atoms with Crippen molar-refractivity contribution in [2.75, 3.05) is 20.8 Å². The van der Waals surface area contributed by atoms with Crippen LogP contribution in [0.2, 0.25) is 5.02 Å². The number of carbonyl (C=O) groups is 2. The number of benzene rings is 1. The number of hydrogen-bond acceptors (Lipinski definition) is 6. The molecule has 0 aliphatic rings. The van der Waals surface area contributed by atoms with E-state index in [4.69, 9.17) is 11.6 Å². The Labute approximate surface area is 134 Å². The average Bonchev–Trinajstić information content (AvgIpc) is 2.49. The molecule has 0 saturated heterocycles. The molecular weight excluding hydrogens is 340 g/mol. The van der Waals surface area contributed by atoms with E-state index in [0.29, 0.717) is 12.1 Å². The maximum Gasteiger partial charge on any atom is 0.320 e. The summed E-state index contributed by atoms with van der Waals surface area (Å²) in [6, 6.07) is 1.20. The molecule has 0 heterocycles. The van der Waals surface area contributed by atoms with Crippen LogP contribution in [0, 0.1) is 27.7 Å². The van der Waals surface area contributed by atoms with Gasteiger partial charge in [0.05, 0.1) is 25.2 Å². The van der Waals surface area contributed by atoms with Gasteiger partial charge in [0.25, 0.3) is 0 Å². The molecule has 1 aromatic carbocycles. The molecule has 1 rings (SSSR count). The lowest BCUT2D eigenvalue weighted by molar-refractivity contribution is -0.484. The summed E-state index contributed by atoms with van der Waals surface area (Å²) in [5.74, 6) is -7.94. The van der Waals surface area contributed by atoms with E-state index in [2.05, 4.69) is 9.47 Å². The number of esters is 2. The second kappa shape index (κ2) is 7.82. The third-order valence-corrected chi connectivity index (χ3v) is 3.39. The molecule has 0 fully saturated rings. The first-order chi connectivity index (χ1) is 10.7. The van der Waals surface area contributed by atoms with Crippen molar-refractivity contribution in [3.8, 4) is 0 Å². The monoisotopic (exact) mass is 351 g/mol. The zero-order chi connectivity index (χ0) is 17.7. The molecule has 1 unspecified atom stereocenters. The molecule has 7 nitrogen and oxygen atoms in total. The standard InChI is InChI=1S/C13H12ClF2NO6/c1-22-12(18)11(13(19)23-2)7(5-17(20)21)6-3-10(16)8(14)4-9(6)15/h3-4,7,11H,5H2,1-2H3. The predicted molar refractivity (Wildman–Crippen MR) is 73.5 cm³/mol. The number of nitrogens with zero attached hydrogens (tertiary/aromatic N) is 1. The first kappa shape index (κ1) is 18.8. The Morgan fingerprint density at radius 3 is 2.17 bits per heavy atom. The molecule has 0 N–H and O–H groups in total. The summed E-state index contributed by atoms with van der Waals surface area (Å²) in [4.78, 5) is 33.5. The molecule has 0 bridgehead atoms. The molecule has 1 atom stereocenters. The number of nitro groups is 1. The molecular formula is C13H12ClF2NO6. The highest BCUT2D eigenvalue weighted by atomic mass is 35.5. The Hall–Kier alpha value is -2.29. The molecule has 0 aliphatic carbocycles. The molecule has 0 spiro atoms. The average molecular weight is 352 g/mol. The molecule has 0 aromatic heterocycles. The van der Waals surface area contributed by atoms with E-state index < -0.39 is 57.5 Å². The fourth-order valence-corrected chi connectivity index (χ4v) is 2.20. The van der Waals surface area contributed by atoms with E-state index in [1.54, 1.807) is 0 Å². The Morgan fingerprint density at radius 1 is 1.22 bits per heavy atom. The first-order valence-electron chi connectivity index (χ1n) is 6.14. The van der Waals surface area contributed by atoms with Gasteiger partial charge in [0, 0.05) is 10.5 Å². The summed E-state index contributed by atoms with van der Waals surface area (Å²) < 4.78 is 36.5. The zero-order valence-electron chi connectivity index (χ0n) is 12.0. The minimum atomic E-state index is -1.83. The minimum Gasteiger partial charge on any atom is -0.468 e. The molecule has 0 radical (unpaired) electrons. The van der Waals surface area contributed by atoms with E-state index in [0.717, 1.165) is 14.2 Å². The van der Waals surface area contributed by atoms with Gasteiger partial charge in [0.15, 0.2) is 5.92 Å². The fourth-order valence-electron chi connectivity index (χ4n) is 2.04. The van der Waals surface area contributed by atoms with Crippen molar-refractivity contribution in [2.24, 2.45) is 5.92 Å². The number of carbonyl (C=O) groups excluding carboxylic acids is 2. The third-order valence-electron chi connectivity index (χ3n) is 3.10. The van der Waals surface area contributed by atoms with Crippen LogP contribution < -0.4 is 0 Å². The van der Waals surface area contributed by atoms with Gasteiger partial charge in [-0.1, -0.05) is 11.6 Å². The highest BCUT2D eigenvalue weighted by Crippen LogP contribution is 2.32. The smallest absolute Gasteiger partial charge is 0.320 e. The third kappa shape index (κ3) is 4.35. The maximum atomic E-state index is 14.0. The van der Waals surface area contributed by atoms with Crippen LogP contribution >= 0.6 is 11.6 Å². The van der Waals surface area contributed by atoms with Gasteiger partial charge in [-0.3, -0.25) is 19.7 Å². The van der Waals surface area contributed by atoms with Gasteiger partial charge in [-0.15, -0.1) is 0 Å². The highest BCUT2D eigenvalue weighted by molar-refractivity contribution is 6.30. The number of ether oxygens (including phenoxy) is 2. The molecule has 1 aromatic rings. The number of methoxy groups -OCH3 is 2. The lowest BCUT2D eigenvalue weighted by Gasteiger charge is -2.21. The maximum absolute atomic E-state index is 14.0. The van der Waals surface area contributed by atoms with Gasteiger partial charge < -0.3 is 9.47 Å². The Bertz CT molecular complexity index is 623. The fraction of sp³-hybridized carbons (Fsp3) is 0.385. The second-order valence-electron chi connectivity index (χ2n) is 4.43.